The van der Waals surface area contributed by atoms with Crippen molar-refractivity contribution < 1.29 is 19.1 Å². The molecule has 0 saturated heterocycles. The molecule has 0 atom stereocenters. The van der Waals surface area contributed by atoms with Gasteiger partial charge >= 0.3 is 0 Å². The maximum absolute atomic E-state index is 12.4. The third-order valence-corrected chi connectivity index (χ3v) is 5.00. The summed E-state index contributed by atoms with van der Waals surface area (Å²) in [5.41, 5.74) is 1.50. The summed E-state index contributed by atoms with van der Waals surface area (Å²) >= 11 is 7.37. The van der Waals surface area contributed by atoms with Crippen LogP contribution in [0.25, 0.3) is 0 Å². The normalized spacial score (nSPS) is 10.3. The van der Waals surface area contributed by atoms with Crippen molar-refractivity contribution in [1.29, 1.82) is 0 Å². The molecule has 0 unspecified atom stereocenters. The van der Waals surface area contributed by atoms with Gasteiger partial charge in [-0.3, -0.25) is 14.9 Å². The second-order valence-corrected chi connectivity index (χ2v) is 7.14. The molecule has 0 radical (unpaired) electrons. The minimum atomic E-state index is -0.296. The summed E-state index contributed by atoms with van der Waals surface area (Å²) in [4.78, 5) is 28.9. The van der Waals surface area contributed by atoms with Gasteiger partial charge in [-0.2, -0.15) is 0 Å². The van der Waals surface area contributed by atoms with E-state index < -0.39 is 0 Å². The second-order valence-electron chi connectivity index (χ2n) is 5.88. The van der Waals surface area contributed by atoms with Crippen LogP contribution >= 0.6 is 22.9 Å². The van der Waals surface area contributed by atoms with Gasteiger partial charge in [-0.05, 0) is 18.2 Å². The summed E-state index contributed by atoms with van der Waals surface area (Å²) < 4.78 is 10.4. The fourth-order valence-electron chi connectivity index (χ4n) is 2.52. The number of hydrogen-bond acceptors (Lipinski definition) is 6. The van der Waals surface area contributed by atoms with Gasteiger partial charge in [-0.1, -0.05) is 29.8 Å². The molecule has 7 nitrogen and oxygen atoms in total. The summed E-state index contributed by atoms with van der Waals surface area (Å²) in [5.74, 6) is 0.317. The molecule has 0 aliphatic heterocycles. The van der Waals surface area contributed by atoms with Gasteiger partial charge < -0.3 is 14.8 Å². The quantitative estimate of drug-likeness (QED) is 0.583. The Morgan fingerprint density at radius 1 is 1.07 bits per heavy atom. The van der Waals surface area contributed by atoms with E-state index in [-0.39, 0.29) is 18.2 Å². The Bertz CT molecular complexity index is 1020. The topological polar surface area (TPSA) is 89.5 Å². The number of carbonyl (C=O) groups excluding carboxylic acids is 2. The number of halogens is 1. The number of carbonyl (C=O) groups is 2. The molecule has 29 heavy (non-hydrogen) atoms. The highest BCUT2D eigenvalue weighted by Crippen LogP contribution is 2.36. The molecule has 0 bridgehead atoms. The van der Waals surface area contributed by atoms with Gasteiger partial charge in [-0.15, -0.1) is 11.3 Å². The lowest BCUT2D eigenvalue weighted by molar-refractivity contribution is -0.115. The number of thiazole rings is 1. The Labute approximate surface area is 176 Å². The maximum atomic E-state index is 12.4. The molecule has 0 saturated carbocycles. The summed E-state index contributed by atoms with van der Waals surface area (Å²) in [6.07, 6.45) is 0.0323. The number of ether oxygens (including phenoxy) is 2. The standard InChI is InChI=1S/C20H18ClN3O4S/c1-27-16-10-17(28-2)15(9-14(16)21)23-18(25)8-13-11-29-20(22-13)24-19(26)12-6-4-3-5-7-12/h3-7,9-11H,8H2,1-2H3,(H,23,25)(H,22,24,26). The van der Waals surface area contributed by atoms with Crippen LogP contribution in [-0.4, -0.2) is 31.0 Å². The number of benzene rings is 2. The smallest absolute Gasteiger partial charge is 0.257 e. The number of nitrogens with zero attached hydrogens (tertiary/aromatic N) is 1. The van der Waals surface area contributed by atoms with Crippen LogP contribution in [0.5, 0.6) is 11.5 Å². The molecular weight excluding hydrogens is 414 g/mol. The fraction of sp³-hybridized carbons (Fsp3) is 0.150. The van der Waals surface area contributed by atoms with Crippen LogP contribution < -0.4 is 20.1 Å². The molecule has 0 aliphatic rings. The Morgan fingerprint density at radius 2 is 1.79 bits per heavy atom. The molecule has 9 heteroatoms. The third-order valence-electron chi connectivity index (χ3n) is 3.90. The Kier molecular flexibility index (Phi) is 6.69. The predicted octanol–water partition coefficient (Wildman–Crippen LogP) is 4.25. The molecule has 0 spiro atoms. The van der Waals surface area contributed by atoms with Gasteiger partial charge in [-0.25, -0.2) is 4.98 Å². The zero-order chi connectivity index (χ0) is 20.8. The van der Waals surface area contributed by atoms with Crippen molar-refractivity contribution in [2.75, 3.05) is 24.9 Å². The van der Waals surface area contributed by atoms with Crippen molar-refractivity contribution >= 4 is 45.6 Å². The zero-order valence-corrected chi connectivity index (χ0v) is 17.3. The summed E-state index contributed by atoms with van der Waals surface area (Å²) in [5, 5.41) is 7.97. The van der Waals surface area contributed by atoms with E-state index in [0.29, 0.717) is 38.6 Å². The highest BCUT2D eigenvalue weighted by molar-refractivity contribution is 7.14. The number of anilines is 2. The first-order chi connectivity index (χ1) is 14.0. The van der Waals surface area contributed by atoms with E-state index in [1.54, 1.807) is 41.8 Å². The number of hydrogen-bond donors (Lipinski definition) is 2. The number of methoxy groups -OCH3 is 2. The summed E-state index contributed by atoms with van der Waals surface area (Å²) in [6, 6.07) is 12.0. The highest BCUT2D eigenvalue weighted by Gasteiger charge is 2.15. The predicted molar refractivity (Wildman–Crippen MR) is 113 cm³/mol. The molecule has 1 heterocycles. The summed E-state index contributed by atoms with van der Waals surface area (Å²) in [7, 11) is 2.98. The van der Waals surface area contributed by atoms with Gasteiger partial charge in [0.15, 0.2) is 5.13 Å². The molecule has 3 aromatic rings. The molecule has 2 amide bonds. The van der Waals surface area contributed by atoms with Crippen molar-refractivity contribution in [1.82, 2.24) is 4.98 Å². The Balaban J connectivity index is 1.63. The van der Waals surface area contributed by atoms with E-state index in [0.717, 1.165) is 0 Å². The molecule has 2 N–H and O–H groups in total. The van der Waals surface area contributed by atoms with Crippen molar-refractivity contribution in [3.63, 3.8) is 0 Å². The summed E-state index contributed by atoms with van der Waals surface area (Å²) in [6.45, 7) is 0. The minimum Gasteiger partial charge on any atom is -0.495 e. The van der Waals surface area contributed by atoms with Crippen molar-refractivity contribution in [2.45, 2.75) is 6.42 Å². The lowest BCUT2D eigenvalue weighted by Gasteiger charge is -2.12. The first kappa shape index (κ1) is 20.6. The average Bonchev–Trinajstić information content (AvgIpc) is 3.15. The van der Waals surface area contributed by atoms with Crippen LogP contribution in [0.1, 0.15) is 16.1 Å². The molecule has 0 fully saturated rings. The highest BCUT2D eigenvalue weighted by atomic mass is 35.5. The van der Waals surface area contributed by atoms with Crippen molar-refractivity contribution in [3.05, 3.63) is 64.1 Å². The number of amides is 2. The fourth-order valence-corrected chi connectivity index (χ4v) is 3.47. The second kappa shape index (κ2) is 9.40. The van der Waals surface area contributed by atoms with Gasteiger partial charge in [0.2, 0.25) is 5.91 Å². The largest absolute Gasteiger partial charge is 0.495 e. The molecule has 2 aromatic carbocycles. The maximum Gasteiger partial charge on any atom is 0.257 e. The molecule has 150 valence electrons. The third kappa shape index (κ3) is 5.24. The SMILES string of the molecule is COc1cc(OC)c(NC(=O)Cc2csc(NC(=O)c3ccccc3)n2)cc1Cl. The van der Waals surface area contributed by atoms with Crippen molar-refractivity contribution in [3.8, 4) is 11.5 Å². The Morgan fingerprint density at radius 3 is 2.48 bits per heavy atom. The van der Waals surface area contributed by atoms with E-state index in [1.807, 2.05) is 6.07 Å². The van der Waals surface area contributed by atoms with Crippen LogP contribution in [0.4, 0.5) is 10.8 Å². The minimum absolute atomic E-state index is 0.0323. The van der Waals surface area contributed by atoms with Crippen LogP contribution in [0.2, 0.25) is 5.02 Å². The zero-order valence-electron chi connectivity index (χ0n) is 15.7. The molecule has 1 aromatic heterocycles. The lowest BCUT2D eigenvalue weighted by atomic mass is 10.2. The van der Waals surface area contributed by atoms with Crippen LogP contribution in [0.3, 0.4) is 0 Å². The van der Waals surface area contributed by atoms with Gasteiger partial charge in [0, 0.05) is 17.0 Å². The first-order valence-electron chi connectivity index (χ1n) is 8.52. The monoisotopic (exact) mass is 431 g/mol. The number of rotatable bonds is 7. The van der Waals surface area contributed by atoms with Crippen molar-refractivity contribution in [2.24, 2.45) is 0 Å². The number of nitrogens with one attached hydrogen (secondary N) is 2. The van der Waals surface area contributed by atoms with Gasteiger partial charge in [0.05, 0.1) is 37.0 Å². The lowest BCUT2D eigenvalue weighted by Crippen LogP contribution is -2.16. The number of aromatic nitrogens is 1. The van der Waals surface area contributed by atoms with Crippen LogP contribution in [-0.2, 0) is 11.2 Å². The van der Waals surface area contributed by atoms with E-state index in [1.165, 1.54) is 25.6 Å². The molecule has 0 aliphatic carbocycles. The van der Waals surface area contributed by atoms with Crippen LogP contribution in [0.15, 0.2) is 47.8 Å². The van der Waals surface area contributed by atoms with E-state index >= 15 is 0 Å². The van der Waals surface area contributed by atoms with E-state index in [2.05, 4.69) is 15.6 Å². The van der Waals surface area contributed by atoms with E-state index in [4.69, 9.17) is 21.1 Å². The van der Waals surface area contributed by atoms with Gasteiger partial charge in [0.25, 0.3) is 5.91 Å². The molecule has 3 rings (SSSR count). The van der Waals surface area contributed by atoms with E-state index in [9.17, 15) is 9.59 Å². The Hall–Kier alpha value is -3.10. The average molecular weight is 432 g/mol. The molecular formula is C20H18ClN3O4S. The van der Waals surface area contributed by atoms with Gasteiger partial charge in [0.1, 0.15) is 11.5 Å². The van der Waals surface area contributed by atoms with Crippen LogP contribution in [0, 0.1) is 0 Å². The first-order valence-corrected chi connectivity index (χ1v) is 9.78.